The monoisotopic (exact) mass is 279 g/mol. The van der Waals surface area contributed by atoms with Crippen LogP contribution in [0.3, 0.4) is 0 Å². The van der Waals surface area contributed by atoms with Gasteiger partial charge in [-0.1, -0.05) is 13.8 Å². The number of rotatable bonds is 6. The van der Waals surface area contributed by atoms with Gasteiger partial charge in [0.1, 0.15) is 0 Å². The lowest BCUT2D eigenvalue weighted by atomic mass is 9.74. The Morgan fingerprint density at radius 1 is 1.45 bits per heavy atom. The van der Waals surface area contributed by atoms with Gasteiger partial charge >= 0.3 is 0 Å². The highest BCUT2D eigenvalue weighted by Crippen LogP contribution is 2.42. The van der Waals surface area contributed by atoms with Crippen LogP contribution in [-0.2, 0) is 11.3 Å². The number of hydrogen-bond acceptors (Lipinski definition) is 3. The predicted octanol–water partition coefficient (Wildman–Crippen LogP) is 3.28. The molecule has 1 aromatic rings. The Morgan fingerprint density at radius 3 is 2.75 bits per heavy atom. The molecule has 1 aliphatic carbocycles. The third-order valence-electron chi connectivity index (χ3n) is 4.58. The highest BCUT2D eigenvalue weighted by molar-refractivity contribution is 5.16. The molecule has 2 rings (SSSR count). The van der Waals surface area contributed by atoms with Gasteiger partial charge in [-0.2, -0.15) is 5.10 Å². The van der Waals surface area contributed by atoms with Crippen LogP contribution in [0, 0.1) is 5.92 Å². The molecule has 1 aromatic heterocycles. The van der Waals surface area contributed by atoms with Crippen molar-refractivity contribution in [2.75, 3.05) is 6.61 Å². The van der Waals surface area contributed by atoms with Gasteiger partial charge in [-0.25, -0.2) is 0 Å². The highest BCUT2D eigenvalue weighted by atomic mass is 16.5. The maximum absolute atomic E-state index is 6.57. The summed E-state index contributed by atoms with van der Waals surface area (Å²) in [6.07, 6.45) is 9.62. The number of hydrogen-bond donors (Lipinski definition) is 1. The van der Waals surface area contributed by atoms with Crippen LogP contribution >= 0.6 is 0 Å². The van der Waals surface area contributed by atoms with Crippen molar-refractivity contribution < 1.29 is 4.74 Å². The van der Waals surface area contributed by atoms with Crippen molar-refractivity contribution in [1.29, 1.82) is 0 Å². The maximum Gasteiger partial charge on any atom is 0.0875 e. The molecule has 1 fully saturated rings. The summed E-state index contributed by atoms with van der Waals surface area (Å²) in [6, 6.07) is -0.0689. The van der Waals surface area contributed by atoms with Crippen molar-refractivity contribution in [1.82, 2.24) is 9.78 Å². The van der Waals surface area contributed by atoms with Gasteiger partial charge in [-0.15, -0.1) is 0 Å². The molecule has 4 nitrogen and oxygen atoms in total. The molecule has 0 spiro atoms. The summed E-state index contributed by atoms with van der Waals surface area (Å²) in [5.74, 6) is 0.790. The second-order valence-electron chi connectivity index (χ2n) is 6.19. The molecular formula is C16H29N3O. The molecule has 20 heavy (non-hydrogen) atoms. The van der Waals surface area contributed by atoms with Crippen LogP contribution < -0.4 is 5.73 Å². The molecular weight excluding hydrogens is 250 g/mol. The fraction of sp³-hybridized carbons (Fsp3) is 0.812. The second kappa shape index (κ2) is 6.72. The SMILES string of the molecule is CCCn1cc(C(N)C2(OCC)CCC(C)CC2)cn1. The van der Waals surface area contributed by atoms with Crippen LogP contribution in [0.25, 0.3) is 0 Å². The normalized spacial score (nSPS) is 28.5. The van der Waals surface area contributed by atoms with Gasteiger partial charge in [0, 0.05) is 24.9 Å². The molecule has 0 aliphatic heterocycles. The fourth-order valence-electron chi connectivity index (χ4n) is 3.28. The van der Waals surface area contributed by atoms with E-state index in [-0.39, 0.29) is 11.6 Å². The van der Waals surface area contributed by atoms with Crippen LogP contribution in [0.2, 0.25) is 0 Å². The molecule has 2 N–H and O–H groups in total. The molecule has 0 aromatic carbocycles. The molecule has 1 saturated carbocycles. The molecule has 0 saturated heterocycles. The van der Waals surface area contributed by atoms with E-state index in [1.807, 2.05) is 10.9 Å². The predicted molar refractivity (Wildman–Crippen MR) is 81.4 cm³/mol. The van der Waals surface area contributed by atoms with Gasteiger partial charge in [0.25, 0.3) is 0 Å². The molecule has 1 atom stereocenters. The maximum atomic E-state index is 6.57. The first-order valence-electron chi connectivity index (χ1n) is 8.03. The van der Waals surface area contributed by atoms with Gasteiger partial charge in [0.05, 0.1) is 17.8 Å². The smallest absolute Gasteiger partial charge is 0.0875 e. The summed E-state index contributed by atoms with van der Waals surface area (Å²) in [6.45, 7) is 8.22. The van der Waals surface area contributed by atoms with Gasteiger partial charge < -0.3 is 10.5 Å². The average molecular weight is 279 g/mol. The van der Waals surface area contributed by atoms with Gasteiger partial charge in [0.15, 0.2) is 0 Å². The minimum atomic E-state index is -0.193. The zero-order valence-electron chi connectivity index (χ0n) is 13.1. The van der Waals surface area contributed by atoms with Crippen LogP contribution in [0.15, 0.2) is 12.4 Å². The first-order chi connectivity index (χ1) is 9.61. The number of aromatic nitrogens is 2. The second-order valence-corrected chi connectivity index (χ2v) is 6.19. The van der Waals surface area contributed by atoms with Crippen LogP contribution in [0.1, 0.15) is 64.5 Å². The minimum Gasteiger partial charge on any atom is -0.373 e. The van der Waals surface area contributed by atoms with E-state index >= 15 is 0 Å². The number of ether oxygens (including phenoxy) is 1. The van der Waals surface area contributed by atoms with Crippen molar-refractivity contribution in [3.05, 3.63) is 18.0 Å². The van der Waals surface area contributed by atoms with Crippen LogP contribution in [0.4, 0.5) is 0 Å². The Hall–Kier alpha value is -0.870. The fourth-order valence-corrected chi connectivity index (χ4v) is 3.28. The lowest BCUT2D eigenvalue weighted by Gasteiger charge is -2.43. The van der Waals surface area contributed by atoms with Crippen molar-refractivity contribution in [2.45, 2.75) is 71.1 Å². The Bertz CT molecular complexity index is 408. The first kappa shape index (κ1) is 15.5. The molecule has 0 bridgehead atoms. The van der Waals surface area contributed by atoms with E-state index in [4.69, 9.17) is 10.5 Å². The van der Waals surface area contributed by atoms with E-state index in [9.17, 15) is 0 Å². The summed E-state index contributed by atoms with van der Waals surface area (Å²) in [5, 5.41) is 4.41. The van der Waals surface area contributed by atoms with Gasteiger partial charge in [0.2, 0.25) is 0 Å². The number of aryl methyl sites for hydroxylation is 1. The molecule has 0 amide bonds. The Morgan fingerprint density at radius 2 is 2.15 bits per heavy atom. The topological polar surface area (TPSA) is 53.1 Å². The first-order valence-corrected chi connectivity index (χ1v) is 8.03. The Kier molecular flexibility index (Phi) is 5.22. The van der Waals surface area contributed by atoms with E-state index < -0.39 is 0 Å². The minimum absolute atomic E-state index is 0.0689. The van der Waals surface area contributed by atoms with Crippen LogP contribution in [-0.4, -0.2) is 22.0 Å². The third-order valence-corrected chi connectivity index (χ3v) is 4.58. The Balaban J connectivity index is 2.15. The molecule has 1 heterocycles. The lowest BCUT2D eigenvalue weighted by molar-refractivity contribution is -0.0896. The van der Waals surface area contributed by atoms with Crippen molar-refractivity contribution in [3.63, 3.8) is 0 Å². The summed E-state index contributed by atoms with van der Waals surface area (Å²) >= 11 is 0. The van der Waals surface area contributed by atoms with E-state index in [1.54, 1.807) is 0 Å². The van der Waals surface area contributed by atoms with Crippen molar-refractivity contribution in [3.8, 4) is 0 Å². The van der Waals surface area contributed by atoms with Crippen molar-refractivity contribution in [2.24, 2.45) is 11.7 Å². The van der Waals surface area contributed by atoms with E-state index in [0.717, 1.165) is 43.9 Å². The summed E-state index contributed by atoms with van der Waals surface area (Å²) in [4.78, 5) is 0. The van der Waals surface area contributed by atoms with E-state index in [1.165, 1.54) is 12.8 Å². The number of nitrogens with zero attached hydrogens (tertiary/aromatic N) is 2. The zero-order chi connectivity index (χ0) is 14.6. The molecule has 1 aliphatic rings. The lowest BCUT2D eigenvalue weighted by Crippen LogP contribution is -2.46. The summed E-state index contributed by atoms with van der Waals surface area (Å²) in [7, 11) is 0. The third kappa shape index (κ3) is 3.23. The Labute approximate surface area is 122 Å². The average Bonchev–Trinajstić information content (AvgIpc) is 2.90. The summed E-state index contributed by atoms with van der Waals surface area (Å²) in [5.41, 5.74) is 7.49. The largest absolute Gasteiger partial charge is 0.373 e. The van der Waals surface area contributed by atoms with Gasteiger partial charge in [-0.05, 0) is 44.9 Å². The standard InChI is InChI=1S/C16H29N3O/c1-4-10-19-12-14(11-18-19)15(17)16(20-5-2)8-6-13(3)7-9-16/h11-13,15H,4-10,17H2,1-3H3. The molecule has 114 valence electrons. The zero-order valence-corrected chi connectivity index (χ0v) is 13.1. The van der Waals surface area contributed by atoms with Gasteiger partial charge in [-0.3, -0.25) is 4.68 Å². The summed E-state index contributed by atoms with van der Waals surface area (Å²) < 4.78 is 8.13. The van der Waals surface area contributed by atoms with E-state index in [2.05, 4.69) is 32.1 Å². The molecule has 4 heteroatoms. The molecule has 1 unspecified atom stereocenters. The molecule has 0 radical (unpaired) electrons. The highest BCUT2D eigenvalue weighted by Gasteiger charge is 2.41. The quantitative estimate of drug-likeness (QED) is 0.869. The van der Waals surface area contributed by atoms with E-state index in [0.29, 0.717) is 0 Å². The van der Waals surface area contributed by atoms with Crippen molar-refractivity contribution >= 4 is 0 Å². The number of nitrogens with two attached hydrogens (primary N) is 1. The van der Waals surface area contributed by atoms with Crippen LogP contribution in [0.5, 0.6) is 0 Å².